The lowest BCUT2D eigenvalue weighted by molar-refractivity contribution is -0.111. The second-order valence-corrected chi connectivity index (χ2v) is 8.74. The van der Waals surface area contributed by atoms with Crippen molar-refractivity contribution in [1.29, 1.82) is 0 Å². The molecule has 0 atom stereocenters. The minimum absolute atomic E-state index is 0.105. The van der Waals surface area contributed by atoms with Crippen molar-refractivity contribution in [1.82, 2.24) is 15.1 Å². The van der Waals surface area contributed by atoms with Crippen LogP contribution in [-0.4, -0.2) is 34.8 Å². The number of carbonyl (C=O) groups is 2. The molecule has 7 heteroatoms. The Morgan fingerprint density at radius 2 is 1.78 bits per heavy atom. The van der Waals surface area contributed by atoms with Crippen LogP contribution in [0.3, 0.4) is 0 Å². The molecule has 7 nitrogen and oxygen atoms in total. The predicted octanol–water partition coefficient (Wildman–Crippen LogP) is 5.09. The number of hydrogen-bond acceptors (Lipinski definition) is 3. The molecule has 1 fully saturated rings. The number of carbonyl (C=O) groups excluding carboxylic acids is 2. The van der Waals surface area contributed by atoms with E-state index in [-0.39, 0.29) is 11.9 Å². The molecule has 36 heavy (non-hydrogen) atoms. The van der Waals surface area contributed by atoms with Gasteiger partial charge < -0.3 is 10.6 Å². The predicted molar refractivity (Wildman–Crippen MR) is 143 cm³/mol. The van der Waals surface area contributed by atoms with Gasteiger partial charge in [-0.05, 0) is 42.8 Å². The number of aryl methyl sites for hydroxylation is 1. The van der Waals surface area contributed by atoms with Crippen molar-refractivity contribution in [2.75, 3.05) is 23.3 Å². The van der Waals surface area contributed by atoms with E-state index in [4.69, 9.17) is 5.10 Å². The number of nitrogens with zero attached hydrogens (tertiary/aromatic N) is 3. The van der Waals surface area contributed by atoms with Crippen molar-refractivity contribution < 1.29 is 9.59 Å². The third-order valence-electron chi connectivity index (χ3n) is 6.02. The number of anilines is 2. The largest absolute Gasteiger partial charge is 0.336 e. The fourth-order valence-electron chi connectivity index (χ4n) is 4.14. The smallest absolute Gasteiger partial charge is 0.321 e. The van der Waals surface area contributed by atoms with E-state index >= 15 is 0 Å². The molecule has 1 aliphatic heterocycles. The first-order valence-electron chi connectivity index (χ1n) is 11.9. The van der Waals surface area contributed by atoms with Crippen LogP contribution < -0.4 is 15.5 Å². The van der Waals surface area contributed by atoms with Crippen molar-refractivity contribution in [3.63, 3.8) is 0 Å². The van der Waals surface area contributed by atoms with Gasteiger partial charge in [-0.1, -0.05) is 60.2 Å². The summed E-state index contributed by atoms with van der Waals surface area (Å²) in [7, 11) is 0. The van der Waals surface area contributed by atoms with E-state index in [0.717, 1.165) is 28.1 Å². The maximum Gasteiger partial charge on any atom is 0.321 e. The minimum atomic E-state index is -0.243. The summed E-state index contributed by atoms with van der Waals surface area (Å²) in [6.45, 7) is 3.96. The molecule has 3 amide bonds. The molecule has 5 rings (SSSR count). The van der Waals surface area contributed by atoms with Gasteiger partial charge in [0.2, 0.25) is 5.91 Å². The molecule has 1 saturated heterocycles. The monoisotopic (exact) mass is 477 g/mol. The maximum atomic E-state index is 12.7. The van der Waals surface area contributed by atoms with E-state index in [2.05, 4.69) is 41.8 Å². The van der Waals surface area contributed by atoms with Gasteiger partial charge in [0.1, 0.15) is 0 Å². The van der Waals surface area contributed by atoms with Crippen LogP contribution in [0, 0.1) is 6.92 Å². The Hall–Kier alpha value is -4.65. The number of amides is 3. The molecule has 1 aliphatic rings. The highest BCUT2D eigenvalue weighted by Crippen LogP contribution is 2.25. The number of aromatic nitrogens is 2. The van der Waals surface area contributed by atoms with Gasteiger partial charge >= 0.3 is 6.03 Å². The zero-order chi connectivity index (χ0) is 24.9. The normalized spacial score (nSPS) is 13.2. The Bertz CT molecular complexity index is 1390. The summed E-state index contributed by atoms with van der Waals surface area (Å²) in [5.74, 6) is -0.243. The highest BCUT2D eigenvalue weighted by molar-refractivity contribution is 6.02. The third-order valence-corrected chi connectivity index (χ3v) is 6.02. The van der Waals surface area contributed by atoms with Gasteiger partial charge in [0.25, 0.3) is 0 Å². The zero-order valence-corrected chi connectivity index (χ0v) is 20.0. The molecule has 0 saturated carbocycles. The van der Waals surface area contributed by atoms with E-state index in [9.17, 15) is 9.59 Å². The van der Waals surface area contributed by atoms with Crippen LogP contribution in [0.25, 0.3) is 17.3 Å². The van der Waals surface area contributed by atoms with Crippen LogP contribution in [0.1, 0.15) is 16.7 Å². The molecule has 4 aromatic rings. The highest BCUT2D eigenvalue weighted by atomic mass is 16.2. The van der Waals surface area contributed by atoms with Gasteiger partial charge in [0, 0.05) is 47.9 Å². The average molecular weight is 478 g/mol. The number of benzene rings is 3. The Morgan fingerprint density at radius 3 is 2.47 bits per heavy atom. The summed E-state index contributed by atoms with van der Waals surface area (Å²) < 4.78 is 1.90. The Morgan fingerprint density at radius 1 is 1.03 bits per heavy atom. The summed E-state index contributed by atoms with van der Waals surface area (Å²) in [5, 5.41) is 10.5. The first kappa shape index (κ1) is 23.1. The number of urea groups is 1. The molecule has 1 aromatic heterocycles. The molecular weight excluding hydrogens is 450 g/mol. The molecule has 2 heterocycles. The van der Waals surface area contributed by atoms with Crippen molar-refractivity contribution in [3.8, 4) is 11.3 Å². The van der Waals surface area contributed by atoms with Gasteiger partial charge in [-0.2, -0.15) is 5.10 Å². The van der Waals surface area contributed by atoms with E-state index in [1.807, 2.05) is 53.3 Å². The summed E-state index contributed by atoms with van der Waals surface area (Å²) in [6, 6.07) is 25.5. The minimum Gasteiger partial charge on any atom is -0.336 e. The Labute approximate surface area is 210 Å². The van der Waals surface area contributed by atoms with Crippen LogP contribution in [0.15, 0.2) is 91.1 Å². The molecule has 0 unspecified atom stereocenters. The number of rotatable bonds is 7. The standard InChI is InChI=1S/C29H27N5O2/c1-21-7-9-23(10-8-21)28-24(20-33(32-28)19-22-5-3-2-4-6-22)11-16-27(35)31-25-12-14-26(15-13-25)34-18-17-30-29(34)36/h2-16,20H,17-19H2,1H3,(H,30,36)(H,31,35)/b16-11+. The molecule has 0 spiro atoms. The quantitative estimate of drug-likeness (QED) is 0.364. The SMILES string of the molecule is Cc1ccc(-c2nn(Cc3ccccc3)cc2/C=C/C(=O)Nc2ccc(N3CCNC3=O)cc2)cc1. The molecule has 0 bridgehead atoms. The highest BCUT2D eigenvalue weighted by Gasteiger charge is 2.20. The molecule has 2 N–H and O–H groups in total. The molecule has 0 radical (unpaired) electrons. The van der Waals surface area contributed by atoms with Crippen LogP contribution in [0.2, 0.25) is 0 Å². The first-order valence-corrected chi connectivity index (χ1v) is 11.9. The number of nitrogens with one attached hydrogen (secondary N) is 2. The summed E-state index contributed by atoms with van der Waals surface area (Å²) in [4.78, 5) is 26.2. The molecular formula is C29H27N5O2. The van der Waals surface area contributed by atoms with Gasteiger partial charge in [-0.15, -0.1) is 0 Å². The number of hydrogen-bond donors (Lipinski definition) is 2. The molecule has 3 aromatic carbocycles. The van der Waals surface area contributed by atoms with E-state index in [1.54, 1.807) is 23.1 Å². The topological polar surface area (TPSA) is 79.3 Å². The third kappa shape index (κ3) is 5.36. The van der Waals surface area contributed by atoms with Crippen LogP contribution in [-0.2, 0) is 11.3 Å². The van der Waals surface area contributed by atoms with Gasteiger partial charge in [0.05, 0.1) is 12.2 Å². The van der Waals surface area contributed by atoms with Gasteiger partial charge in [0.15, 0.2) is 0 Å². The van der Waals surface area contributed by atoms with E-state index in [1.165, 1.54) is 11.6 Å². The van der Waals surface area contributed by atoms with E-state index in [0.29, 0.717) is 25.3 Å². The maximum absolute atomic E-state index is 12.7. The van der Waals surface area contributed by atoms with Crippen LogP contribution >= 0.6 is 0 Å². The molecule has 0 aliphatic carbocycles. The van der Waals surface area contributed by atoms with Crippen molar-refractivity contribution >= 4 is 29.4 Å². The summed E-state index contributed by atoms with van der Waals surface area (Å²) in [6.07, 6.45) is 5.27. The van der Waals surface area contributed by atoms with Gasteiger partial charge in [-0.3, -0.25) is 14.4 Å². The van der Waals surface area contributed by atoms with E-state index < -0.39 is 0 Å². The summed E-state index contributed by atoms with van der Waals surface area (Å²) >= 11 is 0. The van der Waals surface area contributed by atoms with Crippen LogP contribution in [0.4, 0.5) is 16.2 Å². The molecule has 180 valence electrons. The second kappa shape index (κ2) is 10.3. The zero-order valence-electron chi connectivity index (χ0n) is 20.0. The Balaban J connectivity index is 1.33. The fourth-order valence-corrected chi connectivity index (χ4v) is 4.14. The fraction of sp³-hybridized carbons (Fsp3) is 0.138. The summed E-state index contributed by atoms with van der Waals surface area (Å²) in [5.41, 5.74) is 6.46. The van der Waals surface area contributed by atoms with Crippen LogP contribution in [0.5, 0.6) is 0 Å². The average Bonchev–Trinajstić information content (AvgIpc) is 3.50. The van der Waals surface area contributed by atoms with Crippen molar-refractivity contribution in [3.05, 3.63) is 108 Å². The van der Waals surface area contributed by atoms with Crippen molar-refractivity contribution in [2.45, 2.75) is 13.5 Å². The Kier molecular flexibility index (Phi) is 6.62. The van der Waals surface area contributed by atoms with Gasteiger partial charge in [-0.25, -0.2) is 4.79 Å². The second-order valence-electron chi connectivity index (χ2n) is 8.74. The first-order chi connectivity index (χ1) is 17.5. The lowest BCUT2D eigenvalue weighted by Gasteiger charge is -2.14. The lowest BCUT2D eigenvalue weighted by atomic mass is 10.1. The lowest BCUT2D eigenvalue weighted by Crippen LogP contribution is -2.27. The van der Waals surface area contributed by atoms with Crippen molar-refractivity contribution in [2.24, 2.45) is 0 Å².